The quantitative estimate of drug-likeness (QED) is 0.541. The molecule has 3 rings (SSSR count). The number of carbonyl (C=O) groups is 3. The zero-order chi connectivity index (χ0) is 22.4. The third-order valence-electron chi connectivity index (χ3n) is 4.11. The van der Waals surface area contributed by atoms with Crippen molar-refractivity contribution in [1.82, 2.24) is 0 Å². The maximum Gasteiger partial charge on any atom is 0.337 e. The molecule has 3 aromatic rings. The van der Waals surface area contributed by atoms with Crippen LogP contribution in [0.3, 0.4) is 0 Å². The monoisotopic (exact) mass is 443 g/mol. The molecule has 1 heterocycles. The number of esters is 2. The molecule has 0 unspecified atom stereocenters. The number of carbonyl (C=O) groups excluding carboxylic acids is 3. The lowest BCUT2D eigenvalue weighted by atomic mass is 10.1. The van der Waals surface area contributed by atoms with Gasteiger partial charge in [0.1, 0.15) is 18.1 Å². The maximum atomic E-state index is 12.5. The maximum absolute atomic E-state index is 12.5. The van der Waals surface area contributed by atoms with Gasteiger partial charge in [-0.25, -0.2) is 9.59 Å². The highest BCUT2D eigenvalue weighted by molar-refractivity contribution is 6.30. The van der Waals surface area contributed by atoms with E-state index in [9.17, 15) is 14.4 Å². The normalized spacial score (nSPS) is 10.3. The van der Waals surface area contributed by atoms with Crippen LogP contribution < -0.4 is 10.1 Å². The first kappa shape index (κ1) is 21.9. The van der Waals surface area contributed by atoms with Gasteiger partial charge in [0.2, 0.25) is 0 Å². The lowest BCUT2D eigenvalue weighted by Crippen LogP contribution is -2.13. The largest absolute Gasteiger partial charge is 0.486 e. The van der Waals surface area contributed by atoms with Crippen molar-refractivity contribution in [3.63, 3.8) is 0 Å². The first-order valence-corrected chi connectivity index (χ1v) is 9.37. The number of halogens is 1. The molecule has 9 heteroatoms. The molecular formula is C22H18ClNO7. The van der Waals surface area contributed by atoms with Crippen LogP contribution >= 0.6 is 11.6 Å². The number of methoxy groups -OCH3 is 2. The van der Waals surface area contributed by atoms with Crippen LogP contribution in [0.5, 0.6) is 5.75 Å². The van der Waals surface area contributed by atoms with Crippen LogP contribution in [0.25, 0.3) is 0 Å². The third kappa shape index (κ3) is 5.64. The lowest BCUT2D eigenvalue weighted by molar-refractivity contribution is 0.0599. The van der Waals surface area contributed by atoms with E-state index in [1.165, 1.54) is 38.5 Å². The molecule has 0 radical (unpaired) electrons. The molecule has 31 heavy (non-hydrogen) atoms. The molecule has 0 aliphatic carbocycles. The van der Waals surface area contributed by atoms with Gasteiger partial charge in [-0.3, -0.25) is 4.79 Å². The van der Waals surface area contributed by atoms with Gasteiger partial charge in [0.25, 0.3) is 5.91 Å². The minimum Gasteiger partial charge on any atom is -0.486 e. The number of rotatable bonds is 7. The van der Waals surface area contributed by atoms with Gasteiger partial charge in [-0.15, -0.1) is 0 Å². The minimum atomic E-state index is -0.666. The van der Waals surface area contributed by atoms with Gasteiger partial charge in [0.15, 0.2) is 5.76 Å². The first-order valence-electron chi connectivity index (χ1n) is 8.99. The molecule has 0 spiro atoms. The Hall–Kier alpha value is -3.78. The molecular weight excluding hydrogens is 426 g/mol. The molecule has 0 bridgehead atoms. The van der Waals surface area contributed by atoms with Crippen LogP contribution in [-0.2, 0) is 16.1 Å². The Balaban J connectivity index is 1.71. The number of benzene rings is 2. The van der Waals surface area contributed by atoms with E-state index in [1.54, 1.807) is 30.3 Å². The summed E-state index contributed by atoms with van der Waals surface area (Å²) in [5.74, 6) is -0.851. The van der Waals surface area contributed by atoms with E-state index in [0.717, 1.165) is 0 Å². The Labute approximate surface area is 182 Å². The van der Waals surface area contributed by atoms with Gasteiger partial charge in [-0.1, -0.05) is 11.6 Å². The summed E-state index contributed by atoms with van der Waals surface area (Å²) in [7, 11) is 2.42. The van der Waals surface area contributed by atoms with Gasteiger partial charge < -0.3 is 23.9 Å². The van der Waals surface area contributed by atoms with Crippen molar-refractivity contribution >= 4 is 35.1 Å². The van der Waals surface area contributed by atoms with E-state index in [4.69, 9.17) is 20.8 Å². The molecule has 1 N–H and O–H groups in total. The number of nitrogens with one attached hydrogen (secondary N) is 1. The molecule has 0 fully saturated rings. The van der Waals surface area contributed by atoms with Crippen LogP contribution in [0.1, 0.15) is 37.0 Å². The summed E-state index contributed by atoms with van der Waals surface area (Å²) in [5.41, 5.74) is 0.359. The van der Waals surface area contributed by atoms with Gasteiger partial charge in [0.05, 0.1) is 25.3 Å². The number of hydrogen-bond donors (Lipinski definition) is 1. The van der Waals surface area contributed by atoms with Crippen molar-refractivity contribution in [3.8, 4) is 5.75 Å². The van der Waals surface area contributed by atoms with Crippen LogP contribution in [0.4, 0.5) is 5.69 Å². The third-order valence-corrected chi connectivity index (χ3v) is 4.37. The summed E-state index contributed by atoms with van der Waals surface area (Å²) >= 11 is 5.83. The van der Waals surface area contributed by atoms with Gasteiger partial charge >= 0.3 is 11.9 Å². The zero-order valence-electron chi connectivity index (χ0n) is 16.6. The van der Waals surface area contributed by atoms with Crippen LogP contribution in [0.15, 0.2) is 59.0 Å². The van der Waals surface area contributed by atoms with E-state index in [-0.39, 0.29) is 29.2 Å². The fraction of sp³-hybridized carbons (Fsp3) is 0.136. The molecule has 1 amide bonds. The summed E-state index contributed by atoms with van der Waals surface area (Å²) in [6.07, 6.45) is 0. The Bertz CT molecular complexity index is 1070. The van der Waals surface area contributed by atoms with E-state index in [2.05, 4.69) is 14.8 Å². The Morgan fingerprint density at radius 1 is 0.903 bits per heavy atom. The molecule has 0 aliphatic rings. The molecule has 2 aromatic carbocycles. The average Bonchev–Trinajstić information content (AvgIpc) is 3.26. The van der Waals surface area contributed by atoms with E-state index in [1.807, 2.05) is 0 Å². The van der Waals surface area contributed by atoms with Crippen molar-refractivity contribution in [2.24, 2.45) is 0 Å². The minimum absolute atomic E-state index is 0.0257. The fourth-order valence-electron chi connectivity index (χ4n) is 2.63. The number of ether oxygens (including phenoxy) is 3. The van der Waals surface area contributed by atoms with Crippen molar-refractivity contribution in [1.29, 1.82) is 0 Å². The summed E-state index contributed by atoms with van der Waals surface area (Å²) in [6, 6.07) is 14.0. The second kappa shape index (κ2) is 9.82. The van der Waals surface area contributed by atoms with E-state index in [0.29, 0.717) is 16.5 Å². The number of furan rings is 1. The smallest absolute Gasteiger partial charge is 0.337 e. The second-order valence-electron chi connectivity index (χ2n) is 6.24. The average molecular weight is 444 g/mol. The summed E-state index contributed by atoms with van der Waals surface area (Å²) in [6.45, 7) is 0.110. The molecule has 8 nitrogen and oxygen atoms in total. The van der Waals surface area contributed by atoms with Gasteiger partial charge in [0, 0.05) is 10.7 Å². The molecule has 1 aromatic heterocycles. The number of hydrogen-bond acceptors (Lipinski definition) is 7. The first-order chi connectivity index (χ1) is 14.9. The topological polar surface area (TPSA) is 104 Å². The lowest BCUT2D eigenvalue weighted by Gasteiger charge is -2.09. The van der Waals surface area contributed by atoms with Crippen LogP contribution in [-0.4, -0.2) is 32.1 Å². The SMILES string of the molecule is COC(=O)c1cc(NC(=O)c2ccc(COc3ccc(Cl)cc3)o2)cc(C(=O)OC)c1. The van der Waals surface area contributed by atoms with Crippen molar-refractivity contribution in [3.05, 3.63) is 82.3 Å². The van der Waals surface area contributed by atoms with Crippen molar-refractivity contribution < 1.29 is 33.0 Å². The van der Waals surface area contributed by atoms with E-state index >= 15 is 0 Å². The van der Waals surface area contributed by atoms with Gasteiger partial charge in [-0.05, 0) is 54.6 Å². The highest BCUT2D eigenvalue weighted by Gasteiger charge is 2.17. The number of amides is 1. The highest BCUT2D eigenvalue weighted by atomic mass is 35.5. The predicted molar refractivity (Wildman–Crippen MR) is 112 cm³/mol. The summed E-state index contributed by atoms with van der Waals surface area (Å²) < 4.78 is 20.5. The molecule has 0 saturated carbocycles. The van der Waals surface area contributed by atoms with Crippen LogP contribution in [0.2, 0.25) is 5.02 Å². The summed E-state index contributed by atoms with van der Waals surface area (Å²) in [5, 5.41) is 3.18. The standard InChI is InChI=1S/C22H18ClNO7/c1-28-21(26)13-9-14(22(27)29-2)11-16(10-13)24-20(25)19-8-7-18(31-19)12-30-17-5-3-15(23)4-6-17/h3-11H,12H2,1-2H3,(H,24,25). The van der Waals surface area contributed by atoms with Gasteiger partial charge in [-0.2, -0.15) is 0 Å². The second-order valence-corrected chi connectivity index (χ2v) is 6.68. The fourth-order valence-corrected chi connectivity index (χ4v) is 2.75. The highest BCUT2D eigenvalue weighted by Crippen LogP contribution is 2.20. The molecule has 160 valence electrons. The predicted octanol–water partition coefficient (Wildman–Crippen LogP) is 4.34. The Morgan fingerprint density at radius 3 is 2.10 bits per heavy atom. The molecule has 0 atom stereocenters. The molecule has 0 aliphatic heterocycles. The Morgan fingerprint density at radius 2 is 1.52 bits per heavy atom. The zero-order valence-corrected chi connectivity index (χ0v) is 17.4. The number of anilines is 1. The van der Waals surface area contributed by atoms with E-state index < -0.39 is 17.8 Å². The molecule has 0 saturated heterocycles. The summed E-state index contributed by atoms with van der Waals surface area (Å²) in [4.78, 5) is 36.3. The van der Waals surface area contributed by atoms with Crippen molar-refractivity contribution in [2.45, 2.75) is 6.61 Å². The van der Waals surface area contributed by atoms with Crippen molar-refractivity contribution in [2.75, 3.05) is 19.5 Å². The Kier molecular flexibility index (Phi) is 6.94. The van der Waals surface area contributed by atoms with Crippen LogP contribution in [0, 0.1) is 0 Å².